The molecule has 10 heteroatoms. The zero-order chi connectivity index (χ0) is 21.7. The fourth-order valence-electron chi connectivity index (χ4n) is 3.07. The number of carbonyl (C=O) groups excluding carboxylic acids is 1. The molecule has 0 saturated carbocycles. The fourth-order valence-corrected chi connectivity index (χ4v) is 4.54. The average molecular weight is 440 g/mol. The highest BCUT2D eigenvalue weighted by atomic mass is 32.2. The zero-order valence-electron chi connectivity index (χ0n) is 16.3. The third-order valence-electron chi connectivity index (χ3n) is 4.66. The first-order valence-corrected chi connectivity index (χ1v) is 10.8. The first-order chi connectivity index (χ1) is 14.2. The van der Waals surface area contributed by atoms with Crippen LogP contribution >= 0.6 is 0 Å². The molecule has 0 bridgehead atoms. The second-order valence-corrected chi connectivity index (χ2v) is 8.79. The number of alkyl halides is 2. The Balaban J connectivity index is 1.49. The monoisotopic (exact) mass is 440 g/mol. The highest BCUT2D eigenvalue weighted by Crippen LogP contribution is 2.23. The summed E-state index contributed by atoms with van der Waals surface area (Å²) in [7, 11) is -3.58. The Morgan fingerprint density at radius 3 is 2.23 bits per heavy atom. The summed E-state index contributed by atoms with van der Waals surface area (Å²) in [6.07, 6.45) is -0.368. The molecule has 1 N–H and O–H groups in total. The number of halogens is 2. The van der Waals surface area contributed by atoms with Gasteiger partial charge in [0.25, 0.3) is 0 Å². The van der Waals surface area contributed by atoms with Gasteiger partial charge in [-0.2, -0.15) is 13.1 Å². The Kier molecular flexibility index (Phi) is 6.88. The van der Waals surface area contributed by atoms with Gasteiger partial charge in [0.1, 0.15) is 11.9 Å². The Hall–Kier alpha value is -2.72. The fraction of sp³-hybridized carbons (Fsp3) is 0.350. The first kappa shape index (κ1) is 22.0. The van der Waals surface area contributed by atoms with Crippen LogP contribution in [0.15, 0.2) is 53.4 Å². The van der Waals surface area contributed by atoms with Gasteiger partial charge in [0, 0.05) is 18.8 Å². The molecule has 0 unspecified atom stereocenters. The summed E-state index contributed by atoms with van der Waals surface area (Å²) < 4.78 is 60.7. The van der Waals surface area contributed by atoms with Crippen LogP contribution in [-0.4, -0.2) is 44.6 Å². The van der Waals surface area contributed by atoms with E-state index >= 15 is 0 Å². The molecule has 162 valence electrons. The molecule has 2 aromatic carbocycles. The predicted molar refractivity (Wildman–Crippen MR) is 106 cm³/mol. The summed E-state index contributed by atoms with van der Waals surface area (Å²) >= 11 is 0. The molecule has 1 heterocycles. The summed E-state index contributed by atoms with van der Waals surface area (Å²) in [6.45, 7) is -0.549. The quantitative estimate of drug-likeness (QED) is 0.734. The van der Waals surface area contributed by atoms with Gasteiger partial charge >= 0.3 is 12.7 Å². The molecule has 7 nitrogen and oxygen atoms in total. The van der Waals surface area contributed by atoms with Gasteiger partial charge in [-0.05, 0) is 56.2 Å². The van der Waals surface area contributed by atoms with Crippen LogP contribution in [0.3, 0.4) is 0 Å². The maximum atomic E-state index is 12.7. The molecular weight excluding hydrogens is 418 g/mol. The smallest absolute Gasteiger partial charge is 0.411 e. The summed E-state index contributed by atoms with van der Waals surface area (Å²) in [6, 6.07) is 12.1. The van der Waals surface area contributed by atoms with Crippen LogP contribution in [0.1, 0.15) is 18.4 Å². The third-order valence-corrected chi connectivity index (χ3v) is 6.57. The van der Waals surface area contributed by atoms with Crippen LogP contribution in [-0.2, 0) is 14.8 Å². The summed E-state index contributed by atoms with van der Waals surface area (Å²) in [4.78, 5) is 12.3. The molecule has 2 aromatic rings. The molecule has 1 aliphatic heterocycles. The van der Waals surface area contributed by atoms with Gasteiger partial charge in [-0.3, -0.25) is 5.32 Å². The van der Waals surface area contributed by atoms with Crippen molar-refractivity contribution >= 4 is 21.8 Å². The van der Waals surface area contributed by atoms with Crippen molar-refractivity contribution in [2.45, 2.75) is 37.4 Å². The minimum atomic E-state index is -3.58. The van der Waals surface area contributed by atoms with E-state index in [-0.39, 0.29) is 23.7 Å². The number of ether oxygens (including phenoxy) is 2. The highest BCUT2D eigenvalue weighted by Gasteiger charge is 2.30. The number of nitrogens with zero attached hydrogens (tertiary/aromatic N) is 1. The van der Waals surface area contributed by atoms with Crippen molar-refractivity contribution in [2.75, 3.05) is 18.4 Å². The van der Waals surface area contributed by atoms with E-state index in [1.54, 1.807) is 24.3 Å². The number of hydrogen-bond acceptors (Lipinski definition) is 5. The number of aryl methyl sites for hydroxylation is 1. The lowest BCUT2D eigenvalue weighted by Gasteiger charge is -2.30. The molecule has 1 saturated heterocycles. The normalized spacial score (nSPS) is 15.7. The second-order valence-electron chi connectivity index (χ2n) is 6.85. The first-order valence-electron chi connectivity index (χ1n) is 9.33. The number of rotatable bonds is 6. The van der Waals surface area contributed by atoms with Crippen LogP contribution in [0.25, 0.3) is 0 Å². The highest BCUT2D eigenvalue weighted by molar-refractivity contribution is 7.89. The van der Waals surface area contributed by atoms with Gasteiger partial charge in [-0.15, -0.1) is 0 Å². The van der Waals surface area contributed by atoms with Gasteiger partial charge < -0.3 is 9.47 Å². The molecule has 0 aliphatic carbocycles. The van der Waals surface area contributed by atoms with Crippen LogP contribution < -0.4 is 10.1 Å². The Labute approximate surface area is 173 Å². The van der Waals surface area contributed by atoms with Crippen LogP contribution in [0, 0.1) is 6.92 Å². The van der Waals surface area contributed by atoms with E-state index in [0.29, 0.717) is 18.5 Å². The van der Waals surface area contributed by atoms with Crippen molar-refractivity contribution in [3.8, 4) is 5.75 Å². The molecule has 3 rings (SSSR count). The Morgan fingerprint density at radius 2 is 1.67 bits per heavy atom. The van der Waals surface area contributed by atoms with Crippen LogP contribution in [0.4, 0.5) is 19.3 Å². The topological polar surface area (TPSA) is 84.9 Å². The van der Waals surface area contributed by atoms with E-state index in [0.717, 1.165) is 5.56 Å². The number of nitrogens with one attached hydrogen (secondary N) is 1. The third kappa shape index (κ3) is 5.67. The lowest BCUT2D eigenvalue weighted by Crippen LogP contribution is -2.41. The number of benzene rings is 2. The molecule has 0 spiro atoms. The lowest BCUT2D eigenvalue weighted by atomic mass is 10.1. The van der Waals surface area contributed by atoms with Gasteiger partial charge in [0.05, 0.1) is 4.90 Å². The summed E-state index contributed by atoms with van der Waals surface area (Å²) in [5.41, 5.74) is 1.34. The Morgan fingerprint density at radius 1 is 1.07 bits per heavy atom. The van der Waals surface area contributed by atoms with Crippen molar-refractivity contribution in [3.63, 3.8) is 0 Å². The van der Waals surface area contributed by atoms with Crippen molar-refractivity contribution in [1.82, 2.24) is 4.31 Å². The van der Waals surface area contributed by atoms with E-state index in [1.807, 2.05) is 6.92 Å². The standard InChI is InChI=1S/C20H22F2N2O5S/c1-14-2-8-18(9-3-14)30(26,27)24-12-10-17(11-13-24)29-20(25)23-15-4-6-16(7-5-15)28-19(21)22/h2-9,17,19H,10-13H2,1H3,(H,23,25). The van der Waals surface area contributed by atoms with Crippen LogP contribution in [0.5, 0.6) is 5.75 Å². The molecular formula is C20H22F2N2O5S. The van der Waals surface area contributed by atoms with E-state index in [1.165, 1.54) is 28.6 Å². The maximum Gasteiger partial charge on any atom is 0.411 e. The Bertz CT molecular complexity index is 958. The lowest BCUT2D eigenvalue weighted by molar-refractivity contribution is -0.0498. The molecule has 30 heavy (non-hydrogen) atoms. The number of amides is 1. The molecule has 1 aliphatic rings. The average Bonchev–Trinajstić information content (AvgIpc) is 2.70. The number of carbonyl (C=O) groups is 1. The van der Waals surface area contributed by atoms with Gasteiger partial charge in [0.2, 0.25) is 10.0 Å². The number of hydrogen-bond donors (Lipinski definition) is 1. The minimum absolute atomic E-state index is 0.0222. The SMILES string of the molecule is Cc1ccc(S(=O)(=O)N2CCC(OC(=O)Nc3ccc(OC(F)F)cc3)CC2)cc1. The van der Waals surface area contributed by atoms with Gasteiger partial charge in [0.15, 0.2) is 0 Å². The van der Waals surface area contributed by atoms with Crippen molar-refractivity contribution < 1.29 is 31.5 Å². The van der Waals surface area contributed by atoms with Crippen molar-refractivity contribution in [2.24, 2.45) is 0 Å². The van der Waals surface area contributed by atoms with E-state index in [2.05, 4.69) is 10.1 Å². The number of piperidine rings is 1. The minimum Gasteiger partial charge on any atom is -0.446 e. The summed E-state index contributed by atoms with van der Waals surface area (Å²) in [5, 5.41) is 2.51. The van der Waals surface area contributed by atoms with Gasteiger partial charge in [-0.1, -0.05) is 17.7 Å². The molecule has 1 fully saturated rings. The number of anilines is 1. The maximum absolute atomic E-state index is 12.7. The predicted octanol–water partition coefficient (Wildman–Crippen LogP) is 4.00. The van der Waals surface area contributed by atoms with Crippen LogP contribution in [0.2, 0.25) is 0 Å². The molecule has 0 radical (unpaired) electrons. The van der Waals surface area contributed by atoms with Crippen molar-refractivity contribution in [3.05, 3.63) is 54.1 Å². The van der Waals surface area contributed by atoms with Gasteiger partial charge in [-0.25, -0.2) is 13.2 Å². The second kappa shape index (κ2) is 9.40. The summed E-state index contributed by atoms with van der Waals surface area (Å²) in [5.74, 6) is -0.0222. The largest absolute Gasteiger partial charge is 0.446 e. The van der Waals surface area contributed by atoms with E-state index in [9.17, 15) is 22.0 Å². The van der Waals surface area contributed by atoms with E-state index < -0.39 is 28.8 Å². The van der Waals surface area contributed by atoms with Crippen molar-refractivity contribution in [1.29, 1.82) is 0 Å². The molecule has 0 atom stereocenters. The molecule has 0 aromatic heterocycles. The zero-order valence-corrected chi connectivity index (χ0v) is 17.1. The van der Waals surface area contributed by atoms with E-state index in [4.69, 9.17) is 4.74 Å². The number of sulfonamides is 1. The molecule has 1 amide bonds.